The van der Waals surface area contributed by atoms with E-state index in [0.29, 0.717) is 22.8 Å². The number of aliphatic hydroxyl groups excluding tert-OH is 1. The molecule has 2 aromatic carbocycles. The summed E-state index contributed by atoms with van der Waals surface area (Å²) in [5.74, 6) is -1.98. The van der Waals surface area contributed by atoms with Crippen molar-refractivity contribution in [2.45, 2.75) is 25.0 Å². The monoisotopic (exact) mass is 442 g/mol. The lowest BCUT2D eigenvalue weighted by molar-refractivity contribution is -0.384. The van der Waals surface area contributed by atoms with Crippen molar-refractivity contribution in [2.24, 2.45) is 0 Å². The summed E-state index contributed by atoms with van der Waals surface area (Å²) in [6.45, 7) is 0.718. The van der Waals surface area contributed by atoms with Gasteiger partial charge in [-0.25, -0.2) is 0 Å². The summed E-state index contributed by atoms with van der Waals surface area (Å²) < 4.78 is 5.63. The van der Waals surface area contributed by atoms with E-state index in [4.69, 9.17) is 16.3 Å². The van der Waals surface area contributed by atoms with Crippen molar-refractivity contribution in [3.63, 3.8) is 0 Å². The van der Waals surface area contributed by atoms with Crippen LogP contribution in [0.15, 0.2) is 54.1 Å². The molecule has 0 aliphatic carbocycles. The highest BCUT2D eigenvalue weighted by atomic mass is 35.5. The van der Waals surface area contributed by atoms with Gasteiger partial charge in [0.15, 0.2) is 0 Å². The van der Waals surface area contributed by atoms with Gasteiger partial charge in [-0.15, -0.1) is 0 Å². The van der Waals surface area contributed by atoms with Crippen LogP contribution < -0.4 is 0 Å². The molecule has 1 amide bonds. The van der Waals surface area contributed by atoms with E-state index in [0.717, 1.165) is 12.8 Å². The molecule has 0 unspecified atom stereocenters. The maximum Gasteiger partial charge on any atom is 0.295 e. The first-order chi connectivity index (χ1) is 14.9. The van der Waals surface area contributed by atoms with E-state index in [1.54, 1.807) is 18.2 Å². The minimum Gasteiger partial charge on any atom is -0.507 e. The van der Waals surface area contributed by atoms with Gasteiger partial charge in [0.25, 0.3) is 17.4 Å². The summed E-state index contributed by atoms with van der Waals surface area (Å²) >= 11 is 5.91. The van der Waals surface area contributed by atoms with Gasteiger partial charge in [0.2, 0.25) is 0 Å². The van der Waals surface area contributed by atoms with Crippen molar-refractivity contribution in [3.8, 4) is 0 Å². The maximum atomic E-state index is 13.0. The average Bonchev–Trinajstić information content (AvgIpc) is 3.36. The molecule has 160 valence electrons. The molecular weight excluding hydrogens is 424 g/mol. The number of nitro benzene ring substituents is 1. The van der Waals surface area contributed by atoms with Crippen molar-refractivity contribution in [1.29, 1.82) is 0 Å². The lowest BCUT2D eigenvalue weighted by Crippen LogP contribution is -2.36. The summed E-state index contributed by atoms with van der Waals surface area (Å²) in [5, 5.41) is 22.7. The molecule has 0 saturated carbocycles. The molecule has 2 heterocycles. The van der Waals surface area contributed by atoms with Crippen LogP contribution in [-0.2, 0) is 14.3 Å². The Morgan fingerprint density at radius 3 is 2.61 bits per heavy atom. The Kier molecular flexibility index (Phi) is 5.75. The first-order valence-corrected chi connectivity index (χ1v) is 10.1. The van der Waals surface area contributed by atoms with E-state index < -0.39 is 22.7 Å². The largest absolute Gasteiger partial charge is 0.507 e. The number of ketones is 1. The quantitative estimate of drug-likeness (QED) is 0.247. The number of non-ortho nitro benzene ring substituents is 1. The Balaban J connectivity index is 1.85. The Morgan fingerprint density at radius 2 is 1.97 bits per heavy atom. The van der Waals surface area contributed by atoms with Crippen LogP contribution in [0.2, 0.25) is 5.02 Å². The topological polar surface area (TPSA) is 110 Å². The number of benzene rings is 2. The fourth-order valence-electron chi connectivity index (χ4n) is 3.99. The predicted octanol–water partition coefficient (Wildman–Crippen LogP) is 3.85. The van der Waals surface area contributed by atoms with Crippen LogP contribution in [0.25, 0.3) is 5.76 Å². The number of amides is 1. The van der Waals surface area contributed by atoms with E-state index in [1.807, 2.05) is 0 Å². The molecule has 2 saturated heterocycles. The summed E-state index contributed by atoms with van der Waals surface area (Å²) in [4.78, 5) is 38.0. The van der Waals surface area contributed by atoms with E-state index in [-0.39, 0.29) is 29.7 Å². The Hall–Kier alpha value is -3.23. The second-order valence-electron chi connectivity index (χ2n) is 7.45. The van der Waals surface area contributed by atoms with Gasteiger partial charge in [-0.1, -0.05) is 23.7 Å². The molecule has 2 fully saturated rings. The number of nitro groups is 1. The number of nitrogens with zero attached hydrogens (tertiary/aromatic N) is 2. The van der Waals surface area contributed by atoms with Crippen molar-refractivity contribution < 1.29 is 24.4 Å². The molecule has 8 nitrogen and oxygen atoms in total. The first kappa shape index (κ1) is 21.0. The molecule has 9 heteroatoms. The molecule has 2 aliphatic heterocycles. The second-order valence-corrected chi connectivity index (χ2v) is 7.88. The zero-order valence-corrected chi connectivity index (χ0v) is 17.1. The van der Waals surface area contributed by atoms with Crippen molar-refractivity contribution >= 4 is 34.7 Å². The number of halogens is 1. The van der Waals surface area contributed by atoms with Crippen LogP contribution in [0.4, 0.5) is 5.69 Å². The third-order valence-electron chi connectivity index (χ3n) is 5.48. The van der Waals surface area contributed by atoms with Crippen LogP contribution in [-0.4, -0.2) is 45.9 Å². The van der Waals surface area contributed by atoms with Gasteiger partial charge < -0.3 is 14.7 Å². The SMILES string of the molecule is O=C1C(=O)N(C[C@H]2CCCO2)[C@H](c2cccc([N+](=O)[O-])c2)/C1=C(\O)c1ccc(Cl)cc1. The molecule has 0 radical (unpaired) electrons. The van der Waals surface area contributed by atoms with Gasteiger partial charge in [0, 0.05) is 35.9 Å². The molecule has 31 heavy (non-hydrogen) atoms. The summed E-state index contributed by atoms with van der Waals surface area (Å²) in [5.41, 5.74) is 0.384. The smallest absolute Gasteiger partial charge is 0.295 e. The fraction of sp³-hybridized carbons (Fsp3) is 0.273. The third-order valence-corrected chi connectivity index (χ3v) is 5.73. The number of ether oxygens (including phenoxy) is 1. The number of rotatable bonds is 5. The highest BCUT2D eigenvalue weighted by Crippen LogP contribution is 2.40. The maximum absolute atomic E-state index is 13.0. The Morgan fingerprint density at radius 1 is 1.23 bits per heavy atom. The summed E-state index contributed by atoms with van der Waals surface area (Å²) in [7, 11) is 0. The van der Waals surface area contributed by atoms with Gasteiger partial charge in [-0.2, -0.15) is 0 Å². The Bertz CT molecular complexity index is 1080. The zero-order chi connectivity index (χ0) is 22.1. The minimum absolute atomic E-state index is 0.120. The normalized spacial score (nSPS) is 22.8. The standard InChI is InChI=1S/C22H19ClN2O6/c23-15-8-6-13(7-9-15)20(26)18-19(14-3-1-4-16(11-14)25(29)30)24(22(28)21(18)27)12-17-5-2-10-31-17/h1,3-4,6-9,11,17,19,26H,2,5,10,12H2/b20-18+/t17-,19-/m1/s1. The predicted molar refractivity (Wildman–Crippen MR) is 113 cm³/mol. The molecule has 0 aromatic heterocycles. The fourth-order valence-corrected chi connectivity index (χ4v) is 4.12. The van der Waals surface area contributed by atoms with Gasteiger partial charge in [-0.05, 0) is 42.7 Å². The first-order valence-electron chi connectivity index (χ1n) is 9.77. The number of carbonyl (C=O) groups excluding carboxylic acids is 2. The second kappa shape index (κ2) is 8.49. The molecule has 2 aromatic rings. The molecule has 0 bridgehead atoms. The number of likely N-dealkylation sites (tertiary alicyclic amines) is 1. The van der Waals surface area contributed by atoms with E-state index in [9.17, 15) is 24.8 Å². The molecule has 0 spiro atoms. The van der Waals surface area contributed by atoms with Gasteiger partial charge in [0.1, 0.15) is 5.76 Å². The highest BCUT2D eigenvalue weighted by molar-refractivity contribution is 6.46. The molecular formula is C22H19ClN2O6. The number of carbonyl (C=O) groups is 2. The summed E-state index contributed by atoms with van der Waals surface area (Å²) in [6.07, 6.45) is 1.35. The van der Waals surface area contributed by atoms with E-state index in [1.165, 1.54) is 35.2 Å². The third kappa shape index (κ3) is 4.04. The van der Waals surface area contributed by atoms with E-state index >= 15 is 0 Å². The van der Waals surface area contributed by atoms with Gasteiger partial charge >= 0.3 is 0 Å². The summed E-state index contributed by atoms with van der Waals surface area (Å²) in [6, 6.07) is 10.9. The number of hydrogen-bond donors (Lipinski definition) is 1. The zero-order valence-electron chi connectivity index (χ0n) is 16.4. The van der Waals surface area contributed by atoms with Crippen LogP contribution in [0.3, 0.4) is 0 Å². The van der Waals surface area contributed by atoms with Gasteiger partial charge in [0.05, 0.1) is 22.6 Å². The number of aliphatic hydroxyl groups is 1. The number of hydrogen-bond acceptors (Lipinski definition) is 6. The highest BCUT2D eigenvalue weighted by Gasteiger charge is 2.47. The van der Waals surface area contributed by atoms with Crippen molar-refractivity contribution in [2.75, 3.05) is 13.2 Å². The van der Waals surface area contributed by atoms with Crippen LogP contribution in [0.1, 0.15) is 30.0 Å². The lowest BCUT2D eigenvalue weighted by Gasteiger charge is -2.27. The molecule has 1 N–H and O–H groups in total. The Labute approximate surface area is 182 Å². The minimum atomic E-state index is -0.972. The molecule has 4 rings (SSSR count). The van der Waals surface area contributed by atoms with Crippen molar-refractivity contribution in [3.05, 3.63) is 80.4 Å². The van der Waals surface area contributed by atoms with Gasteiger partial charge in [-0.3, -0.25) is 19.7 Å². The molecule has 2 aliphatic rings. The number of Topliss-reactive ketones (excluding diaryl/α,β-unsaturated/α-hetero) is 1. The molecule has 2 atom stereocenters. The van der Waals surface area contributed by atoms with Crippen LogP contribution >= 0.6 is 11.6 Å². The van der Waals surface area contributed by atoms with Crippen molar-refractivity contribution in [1.82, 2.24) is 4.90 Å². The van der Waals surface area contributed by atoms with E-state index in [2.05, 4.69) is 0 Å². The van der Waals surface area contributed by atoms with Crippen LogP contribution in [0.5, 0.6) is 0 Å². The average molecular weight is 443 g/mol. The van der Waals surface area contributed by atoms with Crippen LogP contribution in [0, 0.1) is 10.1 Å². The lowest BCUT2D eigenvalue weighted by atomic mass is 9.95.